The van der Waals surface area contributed by atoms with Crippen molar-refractivity contribution in [3.63, 3.8) is 0 Å². The zero-order valence-electron chi connectivity index (χ0n) is 8.59. The van der Waals surface area contributed by atoms with Crippen LogP contribution in [0.1, 0.15) is 30.4 Å². The Morgan fingerprint density at radius 1 is 1.43 bits per heavy atom. The first-order valence-corrected chi connectivity index (χ1v) is 5.17. The average molecular weight is 185 g/mol. The summed E-state index contributed by atoms with van der Waals surface area (Å²) in [5.74, 6) is 0. The van der Waals surface area contributed by atoms with Crippen LogP contribution < -0.4 is 0 Å². The Kier molecular flexibility index (Phi) is 2.29. The standard InChI is InChI=1S/C13H15N/c1-11-5-3-6-12(9-11)13(10-14-2)7-4-8-13/h3,5-6,9H,4,7-8,10H2,1H3. The van der Waals surface area contributed by atoms with Gasteiger partial charge in [0.05, 0.1) is 5.41 Å². The fourth-order valence-corrected chi connectivity index (χ4v) is 2.27. The lowest BCUT2D eigenvalue weighted by Crippen LogP contribution is -2.36. The smallest absolute Gasteiger partial charge is 0.224 e. The van der Waals surface area contributed by atoms with Gasteiger partial charge in [0.15, 0.2) is 0 Å². The summed E-state index contributed by atoms with van der Waals surface area (Å²) in [5, 5.41) is 0. The summed E-state index contributed by atoms with van der Waals surface area (Å²) in [6.07, 6.45) is 3.67. The van der Waals surface area contributed by atoms with Crippen LogP contribution in [0.15, 0.2) is 24.3 Å². The van der Waals surface area contributed by atoms with Crippen molar-refractivity contribution in [1.82, 2.24) is 0 Å². The van der Waals surface area contributed by atoms with Crippen molar-refractivity contribution < 1.29 is 0 Å². The molecule has 0 spiro atoms. The summed E-state index contributed by atoms with van der Waals surface area (Å²) < 4.78 is 0. The molecule has 0 bridgehead atoms. The SMILES string of the molecule is [C-]#[N+]CC1(c2cccc(C)c2)CCC1. The summed E-state index contributed by atoms with van der Waals surface area (Å²) in [6, 6.07) is 8.64. The van der Waals surface area contributed by atoms with Gasteiger partial charge in [0.1, 0.15) is 0 Å². The zero-order valence-corrected chi connectivity index (χ0v) is 8.59. The van der Waals surface area contributed by atoms with E-state index in [1.807, 2.05) is 0 Å². The molecule has 0 unspecified atom stereocenters. The van der Waals surface area contributed by atoms with Crippen LogP contribution in [0.25, 0.3) is 4.85 Å². The third kappa shape index (κ3) is 1.42. The van der Waals surface area contributed by atoms with Crippen molar-refractivity contribution >= 4 is 0 Å². The molecule has 1 aliphatic rings. The van der Waals surface area contributed by atoms with E-state index in [0.717, 1.165) is 0 Å². The number of benzene rings is 1. The zero-order chi connectivity index (χ0) is 10.0. The molecule has 0 amide bonds. The van der Waals surface area contributed by atoms with Crippen molar-refractivity contribution in [2.24, 2.45) is 0 Å². The number of rotatable bonds is 2. The van der Waals surface area contributed by atoms with E-state index in [1.165, 1.54) is 30.4 Å². The molecule has 1 aromatic rings. The second kappa shape index (κ2) is 3.46. The molecule has 1 saturated carbocycles. The Morgan fingerprint density at radius 3 is 2.71 bits per heavy atom. The summed E-state index contributed by atoms with van der Waals surface area (Å²) >= 11 is 0. The highest BCUT2D eigenvalue weighted by Gasteiger charge is 2.41. The van der Waals surface area contributed by atoms with Gasteiger partial charge >= 0.3 is 0 Å². The topological polar surface area (TPSA) is 4.36 Å². The first-order chi connectivity index (χ1) is 6.77. The molecule has 0 aromatic heterocycles. The van der Waals surface area contributed by atoms with Gasteiger partial charge in [-0.1, -0.05) is 36.2 Å². The van der Waals surface area contributed by atoms with Gasteiger partial charge in [-0.25, -0.2) is 6.57 Å². The van der Waals surface area contributed by atoms with Crippen LogP contribution >= 0.6 is 0 Å². The second-order valence-electron chi connectivity index (χ2n) is 4.32. The van der Waals surface area contributed by atoms with Crippen molar-refractivity contribution in [2.45, 2.75) is 31.6 Å². The van der Waals surface area contributed by atoms with Crippen LogP contribution in [0, 0.1) is 13.5 Å². The first kappa shape index (κ1) is 9.27. The maximum absolute atomic E-state index is 7.02. The minimum Gasteiger partial charge on any atom is -0.316 e. The molecule has 0 N–H and O–H groups in total. The molecule has 0 heterocycles. The third-order valence-electron chi connectivity index (χ3n) is 3.32. The summed E-state index contributed by atoms with van der Waals surface area (Å²) in [6.45, 7) is 9.81. The minimum atomic E-state index is 0.202. The Morgan fingerprint density at radius 2 is 2.21 bits per heavy atom. The highest BCUT2D eigenvalue weighted by Crippen LogP contribution is 2.44. The Bertz CT molecular complexity index is 369. The van der Waals surface area contributed by atoms with E-state index >= 15 is 0 Å². The largest absolute Gasteiger partial charge is 0.316 e. The van der Waals surface area contributed by atoms with Crippen LogP contribution in [0.2, 0.25) is 0 Å². The Labute approximate surface area is 85.6 Å². The normalized spacial score (nSPS) is 18.3. The van der Waals surface area contributed by atoms with Crippen molar-refractivity contribution in [2.75, 3.05) is 6.54 Å². The predicted octanol–water partition coefficient (Wildman–Crippen LogP) is 3.34. The molecular weight excluding hydrogens is 170 g/mol. The molecule has 0 saturated heterocycles. The molecule has 0 aliphatic heterocycles. The summed E-state index contributed by atoms with van der Waals surface area (Å²) in [5.41, 5.74) is 2.88. The van der Waals surface area contributed by atoms with Gasteiger partial charge in [0.25, 0.3) is 0 Å². The lowest BCUT2D eigenvalue weighted by molar-refractivity contribution is 0.266. The van der Waals surface area contributed by atoms with E-state index in [1.54, 1.807) is 0 Å². The molecule has 72 valence electrons. The van der Waals surface area contributed by atoms with E-state index < -0.39 is 0 Å². The maximum atomic E-state index is 7.02. The lowest BCUT2D eigenvalue weighted by atomic mass is 9.64. The van der Waals surface area contributed by atoms with Gasteiger partial charge in [-0.05, 0) is 25.3 Å². The van der Waals surface area contributed by atoms with Crippen LogP contribution in [0.3, 0.4) is 0 Å². The predicted molar refractivity (Wildman–Crippen MR) is 58.2 cm³/mol. The maximum Gasteiger partial charge on any atom is 0.224 e. The van der Waals surface area contributed by atoms with E-state index in [4.69, 9.17) is 6.57 Å². The fourth-order valence-electron chi connectivity index (χ4n) is 2.27. The average Bonchev–Trinajstić information content (AvgIpc) is 2.11. The highest BCUT2D eigenvalue weighted by molar-refractivity contribution is 5.32. The van der Waals surface area contributed by atoms with Crippen molar-refractivity contribution in [3.05, 3.63) is 46.8 Å². The fraction of sp³-hybridized carbons (Fsp3) is 0.462. The van der Waals surface area contributed by atoms with E-state index in [9.17, 15) is 0 Å². The van der Waals surface area contributed by atoms with E-state index in [2.05, 4.69) is 36.0 Å². The van der Waals surface area contributed by atoms with Crippen LogP contribution in [0.5, 0.6) is 0 Å². The van der Waals surface area contributed by atoms with Gasteiger partial charge < -0.3 is 4.85 Å². The summed E-state index contributed by atoms with van der Waals surface area (Å²) in [7, 11) is 0. The van der Waals surface area contributed by atoms with Crippen LogP contribution in [-0.2, 0) is 5.41 Å². The van der Waals surface area contributed by atoms with E-state index in [0.29, 0.717) is 6.54 Å². The van der Waals surface area contributed by atoms with Crippen molar-refractivity contribution in [1.29, 1.82) is 0 Å². The van der Waals surface area contributed by atoms with Crippen LogP contribution in [0.4, 0.5) is 0 Å². The lowest BCUT2D eigenvalue weighted by Gasteiger charge is -2.38. The molecule has 1 aromatic carbocycles. The monoisotopic (exact) mass is 185 g/mol. The summed E-state index contributed by atoms with van der Waals surface area (Å²) in [4.78, 5) is 3.59. The van der Waals surface area contributed by atoms with Crippen molar-refractivity contribution in [3.8, 4) is 0 Å². The Balaban J connectivity index is 2.32. The highest BCUT2D eigenvalue weighted by atomic mass is 14.7. The molecule has 1 fully saturated rings. The minimum absolute atomic E-state index is 0.202. The number of hydrogen-bond acceptors (Lipinski definition) is 0. The number of aryl methyl sites for hydroxylation is 1. The van der Waals surface area contributed by atoms with Crippen LogP contribution in [-0.4, -0.2) is 6.54 Å². The molecule has 1 aliphatic carbocycles. The molecule has 1 nitrogen and oxygen atoms in total. The van der Waals surface area contributed by atoms with Gasteiger partial charge in [0, 0.05) is 0 Å². The van der Waals surface area contributed by atoms with Gasteiger partial charge in [0.2, 0.25) is 6.54 Å². The second-order valence-corrected chi connectivity index (χ2v) is 4.32. The molecule has 0 atom stereocenters. The van der Waals surface area contributed by atoms with Gasteiger partial charge in [-0.2, -0.15) is 0 Å². The third-order valence-corrected chi connectivity index (χ3v) is 3.32. The molecule has 1 heteroatoms. The number of nitrogens with zero attached hydrogens (tertiary/aromatic N) is 1. The molecule has 14 heavy (non-hydrogen) atoms. The van der Waals surface area contributed by atoms with E-state index in [-0.39, 0.29) is 5.41 Å². The Hall–Kier alpha value is -1.29. The van der Waals surface area contributed by atoms with Gasteiger partial charge in [-0.3, -0.25) is 0 Å². The molecule has 2 rings (SSSR count). The molecule has 0 radical (unpaired) electrons. The first-order valence-electron chi connectivity index (χ1n) is 5.17. The quantitative estimate of drug-likeness (QED) is 0.622. The van der Waals surface area contributed by atoms with Gasteiger partial charge in [-0.15, -0.1) is 0 Å². The number of hydrogen-bond donors (Lipinski definition) is 0. The molecular formula is C13H15N.